The van der Waals surface area contributed by atoms with Gasteiger partial charge in [0.25, 0.3) is 0 Å². The van der Waals surface area contributed by atoms with Crippen molar-refractivity contribution < 1.29 is 13.9 Å². The summed E-state index contributed by atoms with van der Waals surface area (Å²) in [5.41, 5.74) is 12.4. The SMILES string of the molecule is Cc1cc(COc2ccc(Cl)cc2)c(C)c(C2C(C#N)=C(N)N(c3ccc(F)c(Cl)c3)C3=C2C(=O)CCC3)c1. The van der Waals surface area contributed by atoms with Crippen LogP contribution in [0.15, 0.2) is 77.3 Å². The van der Waals surface area contributed by atoms with Crippen molar-refractivity contribution in [3.63, 3.8) is 0 Å². The molecule has 2 aliphatic rings. The van der Waals surface area contributed by atoms with Crippen LogP contribution < -0.4 is 15.4 Å². The van der Waals surface area contributed by atoms with Gasteiger partial charge in [0.05, 0.1) is 22.6 Å². The van der Waals surface area contributed by atoms with Crippen molar-refractivity contribution in [1.82, 2.24) is 0 Å². The molecule has 0 saturated heterocycles. The standard InChI is InChI=1S/C31H26Cl2FN3O2/c1-17-12-19(16-39-22-9-6-20(32)7-10-22)18(2)23(13-17)29-24(15-35)31(36)37(21-8-11-26(34)25(33)14-21)27-4-3-5-28(38)30(27)29/h6-14,29H,3-5,16,36H2,1-2H3. The number of benzene rings is 3. The number of ether oxygens (including phenoxy) is 1. The Morgan fingerprint density at radius 2 is 1.85 bits per heavy atom. The smallest absolute Gasteiger partial charge is 0.161 e. The Morgan fingerprint density at radius 3 is 2.54 bits per heavy atom. The summed E-state index contributed by atoms with van der Waals surface area (Å²) < 4.78 is 20.0. The minimum Gasteiger partial charge on any atom is -0.489 e. The molecule has 198 valence electrons. The molecule has 1 aliphatic heterocycles. The molecule has 1 unspecified atom stereocenters. The van der Waals surface area contributed by atoms with E-state index in [0.717, 1.165) is 28.0 Å². The molecule has 0 bridgehead atoms. The van der Waals surface area contributed by atoms with Crippen LogP contribution in [0, 0.1) is 31.0 Å². The summed E-state index contributed by atoms with van der Waals surface area (Å²) in [5.74, 6) is -0.323. The second-order valence-corrected chi connectivity index (χ2v) is 10.6. The Balaban J connectivity index is 1.63. The molecule has 3 aromatic rings. The molecule has 1 atom stereocenters. The number of anilines is 1. The monoisotopic (exact) mass is 561 g/mol. The maximum atomic E-state index is 14.0. The molecule has 1 aliphatic carbocycles. The summed E-state index contributed by atoms with van der Waals surface area (Å²) in [6, 6.07) is 17.8. The Labute approximate surface area is 236 Å². The quantitative estimate of drug-likeness (QED) is 0.346. The molecule has 8 heteroatoms. The number of aryl methyl sites for hydroxylation is 1. The molecule has 2 N–H and O–H groups in total. The molecule has 0 spiro atoms. The van der Waals surface area contributed by atoms with Gasteiger partial charge in [0, 0.05) is 28.4 Å². The van der Waals surface area contributed by atoms with Crippen LogP contribution in [0.4, 0.5) is 10.1 Å². The first-order valence-electron chi connectivity index (χ1n) is 12.6. The highest BCUT2D eigenvalue weighted by Crippen LogP contribution is 2.47. The maximum absolute atomic E-state index is 14.0. The van der Waals surface area contributed by atoms with Gasteiger partial charge in [-0.05, 0) is 85.8 Å². The van der Waals surface area contributed by atoms with Crippen LogP contribution in [-0.2, 0) is 11.4 Å². The van der Waals surface area contributed by atoms with Crippen LogP contribution in [0.25, 0.3) is 0 Å². The molecular formula is C31H26Cl2FN3O2. The molecular weight excluding hydrogens is 536 g/mol. The average Bonchev–Trinajstić information content (AvgIpc) is 2.91. The fraction of sp³-hybridized carbons (Fsp3) is 0.226. The summed E-state index contributed by atoms with van der Waals surface area (Å²) in [6.45, 7) is 4.25. The number of nitrogens with two attached hydrogens (primary N) is 1. The number of carbonyl (C=O) groups excluding carboxylic acids is 1. The number of Topliss-reactive ketones (excluding diaryl/α,β-unsaturated/α-hetero) is 1. The first-order valence-corrected chi connectivity index (χ1v) is 13.3. The topological polar surface area (TPSA) is 79.3 Å². The van der Waals surface area contributed by atoms with E-state index in [-0.39, 0.29) is 22.2 Å². The summed E-state index contributed by atoms with van der Waals surface area (Å²) in [7, 11) is 0. The summed E-state index contributed by atoms with van der Waals surface area (Å²) >= 11 is 12.1. The van der Waals surface area contributed by atoms with Gasteiger partial charge < -0.3 is 10.5 Å². The number of allylic oxidation sites excluding steroid dienone is 3. The molecule has 39 heavy (non-hydrogen) atoms. The van der Waals surface area contributed by atoms with Gasteiger partial charge in [0.1, 0.15) is 24.0 Å². The van der Waals surface area contributed by atoms with Crippen molar-refractivity contribution in [3.05, 3.63) is 115 Å². The lowest BCUT2D eigenvalue weighted by Crippen LogP contribution is -2.39. The molecule has 0 fully saturated rings. The van der Waals surface area contributed by atoms with Crippen molar-refractivity contribution in [2.45, 2.75) is 45.6 Å². The van der Waals surface area contributed by atoms with Crippen LogP contribution in [0.2, 0.25) is 10.0 Å². The van der Waals surface area contributed by atoms with E-state index in [9.17, 15) is 14.4 Å². The van der Waals surface area contributed by atoms with Gasteiger partial charge in [-0.25, -0.2) is 4.39 Å². The molecule has 5 rings (SSSR count). The lowest BCUT2D eigenvalue weighted by atomic mass is 9.73. The third kappa shape index (κ3) is 5.01. The van der Waals surface area contributed by atoms with Crippen molar-refractivity contribution in [1.29, 1.82) is 5.26 Å². The number of rotatable bonds is 5. The van der Waals surface area contributed by atoms with Crippen molar-refractivity contribution in [2.24, 2.45) is 5.73 Å². The van der Waals surface area contributed by atoms with E-state index < -0.39 is 11.7 Å². The molecule has 0 saturated carbocycles. The first kappa shape index (κ1) is 26.8. The van der Waals surface area contributed by atoms with Crippen molar-refractivity contribution in [2.75, 3.05) is 4.90 Å². The van der Waals surface area contributed by atoms with E-state index in [0.29, 0.717) is 47.9 Å². The van der Waals surface area contributed by atoms with E-state index in [2.05, 4.69) is 6.07 Å². The maximum Gasteiger partial charge on any atom is 0.161 e. The van der Waals surface area contributed by atoms with Gasteiger partial charge in [0.2, 0.25) is 0 Å². The lowest BCUT2D eigenvalue weighted by molar-refractivity contribution is -0.116. The fourth-order valence-electron chi connectivity index (χ4n) is 5.42. The Hall–Kier alpha value is -3.79. The largest absolute Gasteiger partial charge is 0.489 e. The van der Waals surface area contributed by atoms with Crippen LogP contribution >= 0.6 is 23.2 Å². The highest BCUT2D eigenvalue weighted by Gasteiger charge is 2.41. The summed E-state index contributed by atoms with van der Waals surface area (Å²) in [5, 5.41) is 10.9. The number of nitrogens with zero attached hydrogens (tertiary/aromatic N) is 2. The number of nitriles is 1. The number of carbonyl (C=O) groups is 1. The number of ketones is 1. The molecule has 0 amide bonds. The second kappa shape index (κ2) is 10.8. The Morgan fingerprint density at radius 1 is 1.10 bits per heavy atom. The van der Waals surface area contributed by atoms with Crippen molar-refractivity contribution >= 4 is 34.7 Å². The van der Waals surface area contributed by atoms with E-state index in [4.69, 9.17) is 33.7 Å². The molecule has 5 nitrogen and oxygen atoms in total. The highest BCUT2D eigenvalue weighted by molar-refractivity contribution is 6.31. The van der Waals surface area contributed by atoms with E-state index in [1.165, 1.54) is 12.1 Å². The van der Waals surface area contributed by atoms with Gasteiger partial charge >= 0.3 is 0 Å². The number of halogens is 3. The third-order valence-electron chi connectivity index (χ3n) is 7.29. The van der Waals surface area contributed by atoms with Crippen molar-refractivity contribution in [3.8, 4) is 11.8 Å². The lowest BCUT2D eigenvalue weighted by Gasteiger charge is -2.40. The minimum atomic E-state index is -0.626. The summed E-state index contributed by atoms with van der Waals surface area (Å²) in [4.78, 5) is 15.2. The van der Waals surface area contributed by atoms with Crippen LogP contribution in [0.3, 0.4) is 0 Å². The minimum absolute atomic E-state index is 0.0282. The average molecular weight is 562 g/mol. The zero-order valence-electron chi connectivity index (χ0n) is 21.5. The predicted molar refractivity (Wildman–Crippen MR) is 151 cm³/mol. The van der Waals surface area contributed by atoms with E-state index >= 15 is 0 Å². The molecule has 0 aromatic heterocycles. The number of hydrogen-bond donors (Lipinski definition) is 1. The number of hydrogen-bond acceptors (Lipinski definition) is 5. The van der Waals surface area contributed by atoms with Gasteiger partial charge in [0.15, 0.2) is 5.78 Å². The molecule has 1 heterocycles. The van der Waals surface area contributed by atoms with E-state index in [1.54, 1.807) is 35.2 Å². The van der Waals surface area contributed by atoms with Gasteiger partial charge in [-0.2, -0.15) is 5.26 Å². The third-order valence-corrected chi connectivity index (χ3v) is 7.84. The zero-order valence-corrected chi connectivity index (χ0v) is 23.0. The zero-order chi connectivity index (χ0) is 27.8. The normalized spacial score (nSPS) is 17.3. The Bertz CT molecular complexity index is 1590. The van der Waals surface area contributed by atoms with Crippen LogP contribution in [0.5, 0.6) is 5.75 Å². The van der Waals surface area contributed by atoms with Gasteiger partial charge in [-0.1, -0.05) is 40.9 Å². The van der Waals surface area contributed by atoms with E-state index in [1.807, 2.05) is 26.0 Å². The van der Waals surface area contributed by atoms with Gasteiger partial charge in [-0.15, -0.1) is 0 Å². The van der Waals surface area contributed by atoms with Gasteiger partial charge in [-0.3, -0.25) is 9.69 Å². The van der Waals surface area contributed by atoms with Crippen LogP contribution in [-0.4, -0.2) is 5.78 Å². The molecule has 3 aromatic carbocycles. The summed E-state index contributed by atoms with van der Waals surface area (Å²) in [6.07, 6.45) is 1.62. The Kier molecular flexibility index (Phi) is 7.40. The highest BCUT2D eigenvalue weighted by atomic mass is 35.5. The second-order valence-electron chi connectivity index (χ2n) is 9.80. The fourth-order valence-corrected chi connectivity index (χ4v) is 5.72. The van der Waals surface area contributed by atoms with Crippen LogP contribution in [0.1, 0.15) is 47.4 Å². The molecule has 0 radical (unpaired) electrons. The first-order chi connectivity index (χ1) is 18.7. The predicted octanol–water partition coefficient (Wildman–Crippen LogP) is 7.63.